The number of nitrogens with zero attached hydrogens (tertiary/aromatic N) is 4. The quantitative estimate of drug-likeness (QED) is 0.404. The van der Waals surface area contributed by atoms with E-state index in [0.717, 1.165) is 0 Å². The number of aliphatic hydroxyl groups excluding tert-OH is 4. The first-order valence-corrected chi connectivity index (χ1v) is 7.74. The van der Waals surface area contributed by atoms with Crippen LogP contribution in [-0.2, 0) is 10.5 Å². The van der Waals surface area contributed by atoms with Crippen LogP contribution in [0.1, 0.15) is 13.3 Å². The summed E-state index contributed by atoms with van der Waals surface area (Å²) >= 11 is 0. The summed E-state index contributed by atoms with van der Waals surface area (Å²) < 4.78 is 7.08. The molecule has 10 nitrogen and oxygen atoms in total. The minimum absolute atomic E-state index is 0.0855. The fourth-order valence-corrected chi connectivity index (χ4v) is 3.20. The second-order valence-corrected chi connectivity index (χ2v) is 6.25. The number of fused-ring (bicyclic) bond motifs is 1. The van der Waals surface area contributed by atoms with Crippen LogP contribution in [0, 0.1) is 0 Å². The summed E-state index contributed by atoms with van der Waals surface area (Å²) in [6.45, 7) is 4.93. The summed E-state index contributed by atoms with van der Waals surface area (Å²) in [5.41, 5.74) is 5.10. The van der Waals surface area contributed by atoms with E-state index < -0.39 is 36.7 Å². The molecule has 10 heteroatoms. The molecule has 3 heterocycles. The summed E-state index contributed by atoms with van der Waals surface area (Å²) in [5.74, 6) is 0.125. The van der Waals surface area contributed by atoms with Gasteiger partial charge in [-0.05, 0) is 13.3 Å². The summed E-state index contributed by atoms with van der Waals surface area (Å²) in [6, 6.07) is 0. The predicted molar refractivity (Wildman–Crippen MR) is 87.1 cm³/mol. The molecule has 5 atom stereocenters. The van der Waals surface area contributed by atoms with E-state index in [1.165, 1.54) is 17.2 Å². The van der Waals surface area contributed by atoms with Crippen molar-refractivity contribution in [3.8, 4) is 0 Å². The van der Waals surface area contributed by atoms with E-state index >= 15 is 0 Å². The summed E-state index contributed by atoms with van der Waals surface area (Å²) in [4.78, 5) is 12.1. The third-order valence-corrected chi connectivity index (χ3v) is 4.41. The van der Waals surface area contributed by atoms with Gasteiger partial charge in [-0.1, -0.05) is 5.57 Å². The van der Waals surface area contributed by atoms with Gasteiger partial charge in [-0.15, -0.1) is 6.58 Å². The smallest absolute Gasteiger partial charge is 0.203 e. The molecule has 0 aliphatic carbocycles. The highest BCUT2D eigenvalue weighted by Crippen LogP contribution is 2.41. The maximum atomic E-state index is 10.8. The van der Waals surface area contributed by atoms with Crippen molar-refractivity contribution in [1.29, 1.82) is 0 Å². The molecule has 1 aliphatic heterocycles. The number of ether oxygens (including phenoxy) is 1. The van der Waals surface area contributed by atoms with Crippen LogP contribution in [0.15, 0.2) is 24.8 Å². The molecule has 1 fully saturated rings. The zero-order valence-electron chi connectivity index (χ0n) is 13.6. The van der Waals surface area contributed by atoms with Gasteiger partial charge in [-0.25, -0.2) is 15.0 Å². The molecule has 0 saturated carbocycles. The highest BCUT2D eigenvalue weighted by atomic mass is 16.6. The third-order valence-electron chi connectivity index (χ3n) is 4.41. The van der Waals surface area contributed by atoms with Gasteiger partial charge >= 0.3 is 0 Å². The first-order valence-electron chi connectivity index (χ1n) is 7.74. The zero-order valence-corrected chi connectivity index (χ0v) is 13.6. The van der Waals surface area contributed by atoms with E-state index in [1.807, 2.05) is 0 Å². The summed E-state index contributed by atoms with van der Waals surface area (Å²) in [6.07, 6.45) is -2.74. The van der Waals surface area contributed by atoms with Crippen molar-refractivity contribution < 1.29 is 25.2 Å². The van der Waals surface area contributed by atoms with E-state index in [9.17, 15) is 20.4 Å². The predicted octanol–water partition coefficient (Wildman–Crippen LogP) is -1.50. The van der Waals surface area contributed by atoms with E-state index in [1.54, 1.807) is 6.92 Å². The molecule has 25 heavy (non-hydrogen) atoms. The SMILES string of the molecule is C=C(C)CC(O)[C@@]1(n2cnc3c(N)ncnc32)O[C@H](CO)[C@@H](O)[C@H]1O. The Bertz CT molecular complexity index is 796. The number of aliphatic hydroxyl groups is 4. The Kier molecular flexibility index (Phi) is 4.47. The Morgan fingerprint density at radius 1 is 1.44 bits per heavy atom. The van der Waals surface area contributed by atoms with Crippen LogP contribution in [-0.4, -0.2) is 71.0 Å². The van der Waals surface area contributed by atoms with Gasteiger partial charge in [0.25, 0.3) is 0 Å². The maximum Gasteiger partial charge on any atom is 0.203 e. The van der Waals surface area contributed by atoms with Crippen molar-refractivity contribution in [2.24, 2.45) is 0 Å². The minimum atomic E-state index is -1.82. The van der Waals surface area contributed by atoms with E-state index in [-0.39, 0.29) is 23.4 Å². The molecule has 1 unspecified atom stereocenters. The molecule has 0 aromatic carbocycles. The lowest BCUT2D eigenvalue weighted by molar-refractivity contribution is -0.205. The molecule has 0 bridgehead atoms. The molecule has 0 amide bonds. The van der Waals surface area contributed by atoms with Crippen LogP contribution in [0.5, 0.6) is 0 Å². The largest absolute Gasteiger partial charge is 0.394 e. The Labute approximate surface area is 143 Å². The molecule has 136 valence electrons. The molecule has 0 radical (unpaired) electrons. The number of hydrogen-bond donors (Lipinski definition) is 5. The van der Waals surface area contributed by atoms with Crippen molar-refractivity contribution in [2.75, 3.05) is 12.3 Å². The lowest BCUT2D eigenvalue weighted by atomic mass is 9.93. The van der Waals surface area contributed by atoms with Gasteiger partial charge < -0.3 is 30.9 Å². The Morgan fingerprint density at radius 2 is 2.16 bits per heavy atom. The van der Waals surface area contributed by atoms with Crippen molar-refractivity contribution in [3.05, 3.63) is 24.8 Å². The molecule has 2 aromatic rings. The lowest BCUT2D eigenvalue weighted by Crippen LogP contribution is -2.54. The van der Waals surface area contributed by atoms with Gasteiger partial charge in [0, 0.05) is 0 Å². The van der Waals surface area contributed by atoms with Crippen LogP contribution < -0.4 is 5.73 Å². The standard InChI is InChI=1S/C15H21N5O5/c1-7(2)3-9(22)15(12(24)11(23)8(4-21)25-15)20-6-19-10-13(16)17-5-18-14(10)20/h5-6,8-9,11-12,21-24H,1,3-4H2,2H3,(H2,16,17,18)/t8-,9?,11-,12-,15-/m1/s1. The van der Waals surface area contributed by atoms with Crippen molar-refractivity contribution in [1.82, 2.24) is 19.5 Å². The molecule has 3 rings (SSSR count). The van der Waals surface area contributed by atoms with Gasteiger partial charge in [0.05, 0.1) is 12.9 Å². The van der Waals surface area contributed by atoms with Gasteiger partial charge in [0.1, 0.15) is 36.3 Å². The van der Waals surface area contributed by atoms with Crippen LogP contribution in [0.2, 0.25) is 0 Å². The second kappa shape index (κ2) is 6.32. The van der Waals surface area contributed by atoms with Crippen LogP contribution >= 0.6 is 0 Å². The number of nitrogens with two attached hydrogens (primary N) is 1. The Hall–Kier alpha value is -2.11. The molecule has 1 aliphatic rings. The summed E-state index contributed by atoms with van der Waals surface area (Å²) in [7, 11) is 0. The number of imidazole rings is 1. The highest BCUT2D eigenvalue weighted by Gasteiger charge is 2.59. The summed E-state index contributed by atoms with van der Waals surface area (Å²) in [5, 5.41) is 41.2. The van der Waals surface area contributed by atoms with E-state index in [4.69, 9.17) is 10.5 Å². The monoisotopic (exact) mass is 351 g/mol. The first-order chi connectivity index (χ1) is 11.8. The van der Waals surface area contributed by atoms with Crippen molar-refractivity contribution >= 4 is 17.0 Å². The van der Waals surface area contributed by atoms with E-state index in [0.29, 0.717) is 5.57 Å². The second-order valence-electron chi connectivity index (χ2n) is 6.25. The normalized spacial score (nSPS) is 30.7. The minimum Gasteiger partial charge on any atom is -0.394 e. The van der Waals surface area contributed by atoms with Crippen LogP contribution in [0.3, 0.4) is 0 Å². The average molecular weight is 351 g/mol. The van der Waals surface area contributed by atoms with Crippen molar-refractivity contribution in [2.45, 2.75) is 43.5 Å². The van der Waals surface area contributed by atoms with Crippen molar-refractivity contribution in [3.63, 3.8) is 0 Å². The molecular weight excluding hydrogens is 330 g/mol. The highest BCUT2D eigenvalue weighted by molar-refractivity contribution is 5.81. The third kappa shape index (κ3) is 2.58. The Morgan fingerprint density at radius 3 is 2.76 bits per heavy atom. The Balaban J connectivity index is 2.21. The fourth-order valence-electron chi connectivity index (χ4n) is 3.20. The van der Waals surface area contributed by atoms with Gasteiger partial charge in [-0.2, -0.15) is 0 Å². The van der Waals surface area contributed by atoms with Gasteiger partial charge in [-0.3, -0.25) is 4.57 Å². The lowest BCUT2D eigenvalue weighted by Gasteiger charge is -2.38. The van der Waals surface area contributed by atoms with Gasteiger partial charge in [0.2, 0.25) is 5.72 Å². The van der Waals surface area contributed by atoms with Crippen LogP contribution in [0.25, 0.3) is 11.2 Å². The number of rotatable bonds is 5. The zero-order chi connectivity index (χ0) is 18.4. The number of aromatic nitrogens is 4. The molecule has 1 saturated heterocycles. The number of hydrogen-bond acceptors (Lipinski definition) is 9. The topological polar surface area (TPSA) is 160 Å². The number of nitrogen functional groups attached to an aromatic ring is 1. The molecule has 2 aromatic heterocycles. The van der Waals surface area contributed by atoms with E-state index in [2.05, 4.69) is 21.5 Å². The molecule has 6 N–H and O–H groups in total. The maximum absolute atomic E-state index is 10.8. The number of anilines is 1. The fraction of sp³-hybridized carbons (Fsp3) is 0.533. The molecule has 0 spiro atoms. The first kappa shape index (κ1) is 17.7. The van der Waals surface area contributed by atoms with Gasteiger partial charge in [0.15, 0.2) is 11.5 Å². The molecular formula is C15H21N5O5. The average Bonchev–Trinajstić information content (AvgIpc) is 3.09. The van der Waals surface area contributed by atoms with Crippen LogP contribution in [0.4, 0.5) is 5.82 Å².